The van der Waals surface area contributed by atoms with Crippen LogP contribution in [0.15, 0.2) is 47.1 Å². The Morgan fingerprint density at radius 2 is 2.06 bits per heavy atom. The van der Waals surface area contributed by atoms with E-state index in [2.05, 4.69) is 5.32 Å². The first-order valence-corrected chi connectivity index (χ1v) is 5.13. The summed E-state index contributed by atoms with van der Waals surface area (Å²) in [6.07, 6.45) is 1.57. The number of rotatable bonds is 3. The third-order valence-corrected chi connectivity index (χ3v) is 2.25. The van der Waals surface area contributed by atoms with Gasteiger partial charge < -0.3 is 9.73 Å². The molecule has 1 heterocycles. The highest BCUT2D eigenvalue weighted by Crippen LogP contribution is 2.06. The van der Waals surface area contributed by atoms with E-state index in [1.54, 1.807) is 12.3 Å². The Morgan fingerprint density at radius 3 is 2.69 bits per heavy atom. The van der Waals surface area contributed by atoms with Crippen molar-refractivity contribution in [3.63, 3.8) is 0 Å². The fraction of sp³-hybridized carbons (Fsp3) is 0.154. The summed E-state index contributed by atoms with van der Waals surface area (Å²) in [5, 5.41) is 2.80. The Balaban J connectivity index is 1.94. The van der Waals surface area contributed by atoms with Gasteiger partial charge in [-0.15, -0.1) is 0 Å². The van der Waals surface area contributed by atoms with Crippen molar-refractivity contribution in [2.24, 2.45) is 0 Å². The SMILES string of the molecule is Cc1coc(C(=O)NCc2ccccc2)c1. The molecule has 0 bridgehead atoms. The highest BCUT2D eigenvalue weighted by Gasteiger charge is 2.08. The second kappa shape index (κ2) is 4.66. The van der Waals surface area contributed by atoms with Crippen LogP contribution in [0.3, 0.4) is 0 Å². The largest absolute Gasteiger partial charge is 0.459 e. The molecular formula is C13H13NO2. The molecule has 2 rings (SSSR count). The maximum absolute atomic E-state index is 11.6. The first-order chi connectivity index (χ1) is 7.75. The molecule has 0 radical (unpaired) electrons. The molecule has 16 heavy (non-hydrogen) atoms. The highest BCUT2D eigenvalue weighted by atomic mass is 16.3. The van der Waals surface area contributed by atoms with Crippen molar-refractivity contribution in [2.75, 3.05) is 0 Å². The summed E-state index contributed by atoms with van der Waals surface area (Å²) >= 11 is 0. The van der Waals surface area contributed by atoms with Crippen LogP contribution in [-0.2, 0) is 6.54 Å². The van der Waals surface area contributed by atoms with Crippen LogP contribution >= 0.6 is 0 Å². The molecule has 0 unspecified atom stereocenters. The van der Waals surface area contributed by atoms with Crippen molar-refractivity contribution in [3.8, 4) is 0 Å². The quantitative estimate of drug-likeness (QED) is 0.854. The van der Waals surface area contributed by atoms with Crippen LogP contribution < -0.4 is 5.32 Å². The van der Waals surface area contributed by atoms with E-state index in [4.69, 9.17) is 4.42 Å². The van der Waals surface area contributed by atoms with Gasteiger partial charge in [0, 0.05) is 6.54 Å². The number of hydrogen-bond acceptors (Lipinski definition) is 2. The van der Waals surface area contributed by atoms with Crippen LogP contribution in [0.25, 0.3) is 0 Å². The van der Waals surface area contributed by atoms with Crippen molar-refractivity contribution in [3.05, 3.63) is 59.5 Å². The van der Waals surface area contributed by atoms with Gasteiger partial charge in [-0.1, -0.05) is 30.3 Å². The molecule has 0 spiro atoms. The van der Waals surface area contributed by atoms with Gasteiger partial charge in [0.1, 0.15) is 0 Å². The van der Waals surface area contributed by atoms with Crippen LogP contribution in [0.2, 0.25) is 0 Å². The Hall–Kier alpha value is -2.03. The molecule has 1 N–H and O–H groups in total. The Kier molecular flexibility index (Phi) is 3.05. The molecular weight excluding hydrogens is 202 g/mol. The molecule has 0 saturated heterocycles. The summed E-state index contributed by atoms with van der Waals surface area (Å²) in [4.78, 5) is 11.6. The van der Waals surface area contributed by atoms with Gasteiger partial charge in [0.15, 0.2) is 5.76 Å². The van der Waals surface area contributed by atoms with Gasteiger partial charge in [-0.2, -0.15) is 0 Å². The van der Waals surface area contributed by atoms with Gasteiger partial charge in [0.25, 0.3) is 5.91 Å². The fourth-order valence-electron chi connectivity index (χ4n) is 1.42. The summed E-state index contributed by atoms with van der Waals surface area (Å²) in [7, 11) is 0. The maximum Gasteiger partial charge on any atom is 0.287 e. The first-order valence-electron chi connectivity index (χ1n) is 5.13. The predicted octanol–water partition coefficient (Wildman–Crippen LogP) is 2.52. The zero-order valence-corrected chi connectivity index (χ0v) is 9.07. The van der Waals surface area contributed by atoms with E-state index in [0.29, 0.717) is 12.3 Å². The lowest BCUT2D eigenvalue weighted by Gasteiger charge is -2.02. The fourth-order valence-corrected chi connectivity index (χ4v) is 1.42. The Labute approximate surface area is 94.1 Å². The maximum atomic E-state index is 11.6. The summed E-state index contributed by atoms with van der Waals surface area (Å²) in [5.41, 5.74) is 2.02. The Morgan fingerprint density at radius 1 is 1.31 bits per heavy atom. The van der Waals surface area contributed by atoms with Crippen molar-refractivity contribution >= 4 is 5.91 Å². The van der Waals surface area contributed by atoms with Crippen LogP contribution in [0.5, 0.6) is 0 Å². The van der Waals surface area contributed by atoms with Gasteiger partial charge in [-0.05, 0) is 24.1 Å². The van der Waals surface area contributed by atoms with Crippen molar-refractivity contribution in [2.45, 2.75) is 13.5 Å². The van der Waals surface area contributed by atoms with Crippen LogP contribution in [0.4, 0.5) is 0 Å². The van der Waals surface area contributed by atoms with Crippen LogP contribution in [-0.4, -0.2) is 5.91 Å². The van der Waals surface area contributed by atoms with Crippen molar-refractivity contribution in [1.29, 1.82) is 0 Å². The smallest absolute Gasteiger partial charge is 0.287 e. The summed E-state index contributed by atoms with van der Waals surface area (Å²) < 4.78 is 5.10. The number of aryl methyl sites for hydroxylation is 1. The molecule has 3 heteroatoms. The van der Waals surface area contributed by atoms with E-state index in [1.807, 2.05) is 37.3 Å². The van der Waals surface area contributed by atoms with Crippen LogP contribution in [0, 0.1) is 6.92 Å². The van der Waals surface area contributed by atoms with E-state index in [0.717, 1.165) is 11.1 Å². The van der Waals surface area contributed by atoms with Gasteiger partial charge in [-0.3, -0.25) is 4.79 Å². The lowest BCUT2D eigenvalue weighted by molar-refractivity contribution is 0.0923. The molecule has 0 fully saturated rings. The molecule has 1 aromatic heterocycles. The lowest BCUT2D eigenvalue weighted by Crippen LogP contribution is -2.22. The number of benzene rings is 1. The minimum Gasteiger partial charge on any atom is -0.459 e. The molecule has 1 aromatic carbocycles. The molecule has 82 valence electrons. The van der Waals surface area contributed by atoms with Gasteiger partial charge in [0.2, 0.25) is 0 Å². The number of furan rings is 1. The van der Waals surface area contributed by atoms with E-state index < -0.39 is 0 Å². The molecule has 1 amide bonds. The number of carbonyl (C=O) groups is 1. The first kappa shape index (κ1) is 10.5. The summed E-state index contributed by atoms with van der Waals surface area (Å²) in [5.74, 6) is 0.172. The lowest BCUT2D eigenvalue weighted by atomic mass is 10.2. The van der Waals surface area contributed by atoms with Crippen molar-refractivity contribution < 1.29 is 9.21 Å². The zero-order chi connectivity index (χ0) is 11.4. The number of amides is 1. The average Bonchev–Trinajstić information content (AvgIpc) is 2.74. The molecule has 0 aliphatic heterocycles. The minimum atomic E-state index is -0.183. The third-order valence-electron chi connectivity index (χ3n) is 2.25. The zero-order valence-electron chi connectivity index (χ0n) is 9.07. The third kappa shape index (κ3) is 2.51. The van der Waals surface area contributed by atoms with Gasteiger partial charge >= 0.3 is 0 Å². The minimum absolute atomic E-state index is 0.183. The number of carbonyl (C=O) groups excluding carboxylic acids is 1. The van der Waals surface area contributed by atoms with E-state index in [-0.39, 0.29) is 5.91 Å². The van der Waals surface area contributed by atoms with Gasteiger partial charge in [-0.25, -0.2) is 0 Å². The molecule has 0 aliphatic rings. The van der Waals surface area contributed by atoms with Crippen molar-refractivity contribution in [1.82, 2.24) is 5.32 Å². The molecule has 3 nitrogen and oxygen atoms in total. The average molecular weight is 215 g/mol. The van der Waals surface area contributed by atoms with Gasteiger partial charge in [0.05, 0.1) is 6.26 Å². The molecule has 0 aliphatic carbocycles. The predicted molar refractivity (Wildman–Crippen MR) is 61.1 cm³/mol. The molecule has 0 saturated carbocycles. The Bertz CT molecular complexity index is 474. The van der Waals surface area contributed by atoms with E-state index >= 15 is 0 Å². The summed E-state index contributed by atoms with van der Waals surface area (Å²) in [6.45, 7) is 2.40. The number of nitrogens with one attached hydrogen (secondary N) is 1. The normalized spacial score (nSPS) is 10.1. The summed E-state index contributed by atoms with van der Waals surface area (Å²) in [6, 6.07) is 11.5. The van der Waals surface area contributed by atoms with E-state index in [1.165, 1.54) is 0 Å². The molecule has 0 atom stereocenters. The monoisotopic (exact) mass is 215 g/mol. The van der Waals surface area contributed by atoms with Crippen LogP contribution in [0.1, 0.15) is 21.7 Å². The topological polar surface area (TPSA) is 42.2 Å². The number of hydrogen-bond donors (Lipinski definition) is 1. The standard InChI is InChI=1S/C13H13NO2/c1-10-7-12(16-9-10)13(15)14-8-11-5-3-2-4-6-11/h2-7,9H,8H2,1H3,(H,14,15). The van der Waals surface area contributed by atoms with E-state index in [9.17, 15) is 4.79 Å². The second-order valence-corrected chi connectivity index (χ2v) is 3.66. The highest BCUT2D eigenvalue weighted by molar-refractivity contribution is 5.91. The molecule has 2 aromatic rings. The second-order valence-electron chi connectivity index (χ2n) is 3.66.